The van der Waals surface area contributed by atoms with Crippen molar-refractivity contribution in [3.05, 3.63) is 11.3 Å². The van der Waals surface area contributed by atoms with Crippen LogP contribution in [0.2, 0.25) is 0 Å². The van der Waals surface area contributed by atoms with Gasteiger partial charge in [0.25, 0.3) is 0 Å². The zero-order valence-electron chi connectivity index (χ0n) is 6.47. The van der Waals surface area contributed by atoms with E-state index >= 15 is 0 Å². The Bertz CT molecular complexity index is 132. The predicted octanol–water partition coefficient (Wildman–Crippen LogP) is 2.67. The van der Waals surface area contributed by atoms with Gasteiger partial charge in [-0.2, -0.15) is 0 Å². The molecule has 0 rings (SSSR count). The summed E-state index contributed by atoms with van der Waals surface area (Å²) in [7, 11) is 0. The van der Waals surface area contributed by atoms with E-state index in [1.54, 1.807) is 0 Å². The van der Waals surface area contributed by atoms with Gasteiger partial charge in [0.05, 0.1) is 0 Å². The van der Waals surface area contributed by atoms with E-state index in [2.05, 4.69) is 48.7 Å². The third kappa shape index (κ3) is 2.97. The van der Waals surface area contributed by atoms with Gasteiger partial charge >= 0.3 is 65.9 Å². The van der Waals surface area contributed by atoms with Gasteiger partial charge < -0.3 is 0 Å². The van der Waals surface area contributed by atoms with Gasteiger partial charge in [-0.3, -0.25) is 0 Å². The second-order valence-electron chi connectivity index (χ2n) is 2.64. The first-order valence-corrected chi connectivity index (χ1v) is 3.74. The molecule has 0 aromatic carbocycles. The number of allylic oxidation sites excluding steroid dienone is 2. The van der Waals surface area contributed by atoms with Gasteiger partial charge in [0.2, 0.25) is 0 Å². The summed E-state index contributed by atoms with van der Waals surface area (Å²) >= 11 is 2.26. The predicted molar refractivity (Wildman–Crippen MR) is 35.6 cm³/mol. The fourth-order valence-corrected chi connectivity index (χ4v) is 1.47. The minimum absolute atomic E-state index is 0.554. The zero-order chi connectivity index (χ0) is 7.44. The van der Waals surface area contributed by atoms with Crippen molar-refractivity contribution in [2.45, 2.75) is 27.7 Å². The van der Waals surface area contributed by atoms with Crippen LogP contribution in [-0.2, 0) is 17.2 Å². The van der Waals surface area contributed by atoms with Crippen molar-refractivity contribution in [1.29, 1.82) is 0 Å². The quantitative estimate of drug-likeness (QED) is 0.591. The molecule has 0 aliphatic rings. The molecule has 0 atom stereocenters. The molecule has 0 heterocycles. The van der Waals surface area contributed by atoms with Crippen LogP contribution in [0, 0.1) is 5.92 Å². The van der Waals surface area contributed by atoms with Gasteiger partial charge in [-0.15, -0.1) is 0 Å². The maximum absolute atomic E-state index is 4.10. The fourth-order valence-electron chi connectivity index (χ4n) is 0.793. The summed E-state index contributed by atoms with van der Waals surface area (Å²) in [6, 6.07) is 0. The van der Waals surface area contributed by atoms with Crippen molar-refractivity contribution in [1.82, 2.24) is 0 Å². The molecule has 0 unspecified atom stereocenters. The Morgan fingerprint density at radius 2 is 1.78 bits per heavy atom. The maximum atomic E-state index is 4.10. The number of rotatable bonds is 2. The Labute approximate surface area is 66.3 Å². The monoisotopic (exact) mass is 162 g/mol. The van der Waals surface area contributed by atoms with Crippen LogP contribution in [0.25, 0.3) is 0 Å². The summed E-state index contributed by atoms with van der Waals surface area (Å²) in [6.07, 6.45) is 0. The Morgan fingerprint density at radius 3 is 1.78 bits per heavy atom. The van der Waals surface area contributed by atoms with E-state index < -0.39 is 0 Å². The minimum atomic E-state index is 0.554. The Morgan fingerprint density at radius 1 is 1.33 bits per heavy atom. The Balaban J connectivity index is 4.34. The van der Waals surface area contributed by atoms with E-state index in [1.807, 2.05) is 0 Å². The van der Waals surface area contributed by atoms with E-state index in [0.717, 1.165) is 0 Å². The van der Waals surface area contributed by atoms with Crippen LogP contribution < -0.4 is 0 Å². The molecule has 0 spiro atoms. The van der Waals surface area contributed by atoms with E-state index in [1.165, 1.54) is 11.3 Å². The molecule has 0 amide bonds. The van der Waals surface area contributed by atoms with Crippen molar-refractivity contribution in [2.24, 2.45) is 9.71 Å². The number of nitrogens with zero attached hydrogens (tertiary/aromatic N) is 1. The molecule has 0 aliphatic carbocycles. The second kappa shape index (κ2) is 4.02. The number of hydrogen-bond donors (Lipinski definition) is 0. The van der Waals surface area contributed by atoms with Crippen molar-refractivity contribution in [3.63, 3.8) is 0 Å². The molecule has 0 aliphatic heterocycles. The van der Waals surface area contributed by atoms with Crippen molar-refractivity contribution < 1.29 is 17.2 Å². The molecular formula is C7H13NV. The van der Waals surface area contributed by atoms with Crippen molar-refractivity contribution in [3.8, 4) is 0 Å². The summed E-state index contributed by atoms with van der Waals surface area (Å²) in [5, 5.41) is 0. The van der Waals surface area contributed by atoms with Gasteiger partial charge in [0.15, 0.2) is 0 Å². The summed E-state index contributed by atoms with van der Waals surface area (Å²) < 4.78 is 4.10. The molecule has 0 radical (unpaired) electrons. The van der Waals surface area contributed by atoms with Gasteiger partial charge in [-0.25, -0.2) is 0 Å². The van der Waals surface area contributed by atoms with Crippen LogP contribution in [0.15, 0.2) is 15.1 Å². The molecule has 51 valence electrons. The first kappa shape index (κ1) is 9.12. The third-order valence-electron chi connectivity index (χ3n) is 1.17. The summed E-state index contributed by atoms with van der Waals surface area (Å²) in [5.74, 6) is 0.554. The molecular weight excluding hydrogens is 149 g/mol. The van der Waals surface area contributed by atoms with E-state index in [-0.39, 0.29) is 0 Å². The standard InChI is InChI=1S/C7H13N.V/c1-5(2)7(8)6(3)4;/h5H,1-4H3;. The van der Waals surface area contributed by atoms with Crippen LogP contribution in [0.3, 0.4) is 0 Å². The van der Waals surface area contributed by atoms with Crippen LogP contribution >= 0.6 is 0 Å². The fraction of sp³-hybridized carbons (Fsp3) is 0.714. The SMILES string of the molecule is CC(C)=C([N]=[V])C(C)C. The third-order valence-corrected chi connectivity index (χ3v) is 1.50. The van der Waals surface area contributed by atoms with Crippen LogP contribution in [0.5, 0.6) is 0 Å². The van der Waals surface area contributed by atoms with Crippen LogP contribution in [-0.4, -0.2) is 0 Å². The van der Waals surface area contributed by atoms with Gasteiger partial charge in [-0.1, -0.05) is 0 Å². The Hall–Kier alpha value is 0.124. The molecule has 0 aromatic rings. The topological polar surface area (TPSA) is 12.4 Å². The first-order valence-electron chi connectivity index (χ1n) is 3.12. The average molecular weight is 162 g/mol. The van der Waals surface area contributed by atoms with E-state index in [9.17, 15) is 0 Å². The van der Waals surface area contributed by atoms with Gasteiger partial charge in [0, 0.05) is 0 Å². The van der Waals surface area contributed by atoms with Crippen molar-refractivity contribution >= 4 is 0 Å². The molecule has 0 saturated carbocycles. The molecule has 0 aromatic heterocycles. The molecule has 0 fully saturated rings. The molecule has 0 N–H and O–H groups in total. The normalized spacial score (nSPS) is 9.33. The van der Waals surface area contributed by atoms with Crippen LogP contribution in [0.1, 0.15) is 27.7 Å². The molecule has 9 heavy (non-hydrogen) atoms. The van der Waals surface area contributed by atoms with E-state index in [0.29, 0.717) is 5.92 Å². The van der Waals surface area contributed by atoms with Crippen molar-refractivity contribution in [2.75, 3.05) is 0 Å². The average Bonchev–Trinajstić information content (AvgIpc) is 1.64. The first-order chi connectivity index (χ1) is 4.09. The molecule has 0 saturated heterocycles. The van der Waals surface area contributed by atoms with Gasteiger partial charge in [-0.05, 0) is 0 Å². The van der Waals surface area contributed by atoms with Crippen LogP contribution in [0.4, 0.5) is 0 Å². The number of hydrogen-bond acceptors (Lipinski definition) is 1. The molecule has 2 heteroatoms. The van der Waals surface area contributed by atoms with E-state index in [4.69, 9.17) is 0 Å². The Kier molecular flexibility index (Phi) is 4.08. The summed E-state index contributed by atoms with van der Waals surface area (Å²) in [4.78, 5) is 0. The summed E-state index contributed by atoms with van der Waals surface area (Å²) in [6.45, 7) is 8.48. The molecule has 1 nitrogen and oxygen atoms in total. The summed E-state index contributed by atoms with van der Waals surface area (Å²) in [5.41, 5.74) is 2.51. The van der Waals surface area contributed by atoms with Gasteiger partial charge in [0.1, 0.15) is 0 Å². The zero-order valence-corrected chi connectivity index (χ0v) is 7.87. The second-order valence-corrected chi connectivity index (χ2v) is 2.95. The molecule has 0 bridgehead atoms.